The molecule has 1 rings (SSSR count). The number of nitrogens with one attached hydrogen (secondary N) is 1. The van der Waals surface area contributed by atoms with Gasteiger partial charge in [0.25, 0.3) is 0 Å². The molecule has 1 amide bonds. The van der Waals surface area contributed by atoms with Gasteiger partial charge in [0.1, 0.15) is 17.7 Å². The zero-order valence-corrected chi connectivity index (χ0v) is 11.2. The topological polar surface area (TPSA) is 55.4 Å². The molecule has 0 saturated carbocycles. The third kappa shape index (κ3) is 4.86. The van der Waals surface area contributed by atoms with Gasteiger partial charge in [-0.3, -0.25) is 4.79 Å². The molecule has 1 atom stereocenters. The minimum Gasteiger partial charge on any atom is -0.467 e. The van der Waals surface area contributed by atoms with Gasteiger partial charge in [-0.25, -0.2) is 13.6 Å². The van der Waals surface area contributed by atoms with Crippen molar-refractivity contribution in [2.75, 3.05) is 12.9 Å². The van der Waals surface area contributed by atoms with Crippen LogP contribution in [0.15, 0.2) is 23.1 Å². The van der Waals surface area contributed by atoms with E-state index in [2.05, 4.69) is 10.1 Å². The average molecular weight is 289 g/mol. The van der Waals surface area contributed by atoms with Gasteiger partial charge in [-0.2, -0.15) is 0 Å². The number of halogens is 2. The normalized spacial score (nSPS) is 11.8. The molecule has 0 spiro atoms. The van der Waals surface area contributed by atoms with Crippen molar-refractivity contribution in [1.29, 1.82) is 0 Å². The lowest BCUT2D eigenvalue weighted by Crippen LogP contribution is -2.40. The van der Waals surface area contributed by atoms with Gasteiger partial charge >= 0.3 is 5.97 Å². The largest absolute Gasteiger partial charge is 0.467 e. The second-order valence-electron chi connectivity index (χ2n) is 3.68. The summed E-state index contributed by atoms with van der Waals surface area (Å²) in [5.41, 5.74) is 0. The Morgan fingerprint density at radius 3 is 2.68 bits per heavy atom. The predicted octanol–water partition coefficient (Wildman–Crippen LogP) is 1.73. The van der Waals surface area contributed by atoms with Gasteiger partial charge in [0.05, 0.1) is 12.9 Å². The van der Waals surface area contributed by atoms with Crippen LogP contribution in [-0.4, -0.2) is 30.8 Å². The number of esters is 1. The number of thioether (sulfide) groups is 1. The molecule has 0 bridgehead atoms. The molecule has 0 saturated heterocycles. The summed E-state index contributed by atoms with van der Waals surface area (Å²) in [6.45, 7) is 1.48. The van der Waals surface area contributed by atoms with Crippen LogP contribution in [0.25, 0.3) is 0 Å². The van der Waals surface area contributed by atoms with Crippen molar-refractivity contribution in [2.45, 2.75) is 17.9 Å². The predicted molar refractivity (Wildman–Crippen MR) is 66.7 cm³/mol. The van der Waals surface area contributed by atoms with E-state index in [4.69, 9.17) is 0 Å². The van der Waals surface area contributed by atoms with Crippen LogP contribution in [0.5, 0.6) is 0 Å². The minimum atomic E-state index is -0.767. The van der Waals surface area contributed by atoms with E-state index in [1.165, 1.54) is 20.1 Å². The maximum absolute atomic E-state index is 13.3. The fourth-order valence-electron chi connectivity index (χ4n) is 1.25. The van der Waals surface area contributed by atoms with Gasteiger partial charge in [0.15, 0.2) is 0 Å². The molecule has 0 aromatic heterocycles. The first-order chi connectivity index (χ1) is 8.93. The van der Waals surface area contributed by atoms with Crippen molar-refractivity contribution in [3.05, 3.63) is 29.8 Å². The van der Waals surface area contributed by atoms with Crippen LogP contribution in [0.2, 0.25) is 0 Å². The number of ether oxygens (including phenoxy) is 1. The minimum absolute atomic E-state index is 0.0795. The number of benzene rings is 1. The van der Waals surface area contributed by atoms with Crippen LogP contribution in [0, 0.1) is 11.6 Å². The lowest BCUT2D eigenvalue weighted by Gasteiger charge is -2.11. The summed E-state index contributed by atoms with van der Waals surface area (Å²) in [7, 11) is 1.22. The number of hydrogen-bond donors (Lipinski definition) is 1. The SMILES string of the molecule is COC(=O)[C@H](C)NC(=O)CSc1ccc(F)cc1F. The lowest BCUT2D eigenvalue weighted by atomic mass is 10.3. The van der Waals surface area contributed by atoms with Crippen LogP contribution >= 0.6 is 11.8 Å². The van der Waals surface area contributed by atoms with E-state index in [-0.39, 0.29) is 10.6 Å². The van der Waals surface area contributed by atoms with Crippen LogP contribution in [0.4, 0.5) is 8.78 Å². The Bertz CT molecular complexity index is 482. The number of carbonyl (C=O) groups excluding carboxylic acids is 2. The van der Waals surface area contributed by atoms with Crippen LogP contribution < -0.4 is 5.32 Å². The highest BCUT2D eigenvalue weighted by Gasteiger charge is 2.16. The molecule has 4 nitrogen and oxygen atoms in total. The highest BCUT2D eigenvalue weighted by Crippen LogP contribution is 2.21. The summed E-state index contributed by atoms with van der Waals surface area (Å²) < 4.78 is 30.4. The molecule has 0 aliphatic rings. The van der Waals surface area contributed by atoms with Gasteiger partial charge in [-0.05, 0) is 19.1 Å². The fourth-order valence-corrected chi connectivity index (χ4v) is 1.99. The van der Waals surface area contributed by atoms with Gasteiger partial charge < -0.3 is 10.1 Å². The molecular weight excluding hydrogens is 276 g/mol. The smallest absolute Gasteiger partial charge is 0.328 e. The number of carbonyl (C=O) groups is 2. The monoisotopic (exact) mass is 289 g/mol. The Hall–Kier alpha value is -1.63. The summed E-state index contributed by atoms with van der Waals surface area (Å²) in [6.07, 6.45) is 0. The second kappa shape index (κ2) is 7.08. The van der Waals surface area contributed by atoms with Gasteiger partial charge in [0.2, 0.25) is 5.91 Å². The van der Waals surface area contributed by atoms with Crippen molar-refractivity contribution in [2.24, 2.45) is 0 Å². The first-order valence-corrected chi connectivity index (χ1v) is 6.37. The highest BCUT2D eigenvalue weighted by molar-refractivity contribution is 8.00. The second-order valence-corrected chi connectivity index (χ2v) is 4.69. The van der Waals surface area contributed by atoms with Crippen LogP contribution in [0.1, 0.15) is 6.92 Å². The van der Waals surface area contributed by atoms with E-state index in [1.807, 2.05) is 0 Å². The number of hydrogen-bond acceptors (Lipinski definition) is 4. The molecule has 0 radical (unpaired) electrons. The van der Waals surface area contributed by atoms with Crippen LogP contribution in [-0.2, 0) is 14.3 Å². The molecule has 0 unspecified atom stereocenters. The summed E-state index contributed by atoms with van der Waals surface area (Å²) in [5, 5.41) is 2.40. The number of amides is 1. The van der Waals surface area contributed by atoms with Crippen molar-refractivity contribution < 1.29 is 23.1 Å². The van der Waals surface area contributed by atoms with E-state index in [1.54, 1.807) is 0 Å². The van der Waals surface area contributed by atoms with Gasteiger partial charge in [-0.1, -0.05) is 0 Å². The van der Waals surface area contributed by atoms with Crippen LogP contribution in [0.3, 0.4) is 0 Å². The Morgan fingerprint density at radius 2 is 2.11 bits per heavy atom. The summed E-state index contributed by atoms with van der Waals surface area (Å²) >= 11 is 0.919. The number of rotatable bonds is 5. The lowest BCUT2D eigenvalue weighted by molar-refractivity contribution is -0.144. The number of methoxy groups -OCH3 is 1. The quantitative estimate of drug-likeness (QED) is 0.662. The Kier molecular flexibility index (Phi) is 5.75. The third-order valence-electron chi connectivity index (χ3n) is 2.18. The average Bonchev–Trinajstić information content (AvgIpc) is 2.36. The summed E-state index contributed by atoms with van der Waals surface area (Å²) in [6, 6.07) is 2.35. The maximum Gasteiger partial charge on any atom is 0.328 e. The van der Waals surface area contributed by atoms with E-state index in [0.717, 1.165) is 23.9 Å². The maximum atomic E-state index is 13.3. The van der Waals surface area contributed by atoms with Gasteiger partial charge in [0, 0.05) is 11.0 Å². The van der Waals surface area contributed by atoms with Crippen molar-refractivity contribution in [1.82, 2.24) is 5.32 Å². The first kappa shape index (κ1) is 15.4. The molecule has 104 valence electrons. The zero-order valence-electron chi connectivity index (χ0n) is 10.4. The first-order valence-electron chi connectivity index (χ1n) is 5.39. The standard InChI is InChI=1S/C12H13F2NO3S/c1-7(12(17)18-2)15-11(16)6-19-10-4-3-8(13)5-9(10)14/h3-5,7H,6H2,1-2H3,(H,15,16)/t7-/m0/s1. The molecule has 1 aromatic carbocycles. The van der Waals surface area contributed by atoms with Crippen molar-refractivity contribution in [3.63, 3.8) is 0 Å². The summed E-state index contributed by atoms with van der Waals surface area (Å²) in [5.74, 6) is -2.48. The van der Waals surface area contributed by atoms with E-state index < -0.39 is 29.6 Å². The highest BCUT2D eigenvalue weighted by atomic mass is 32.2. The fraction of sp³-hybridized carbons (Fsp3) is 0.333. The Labute approximate surface area is 113 Å². The van der Waals surface area contributed by atoms with Gasteiger partial charge in [-0.15, -0.1) is 11.8 Å². The van der Waals surface area contributed by atoms with E-state index in [9.17, 15) is 18.4 Å². The molecule has 19 heavy (non-hydrogen) atoms. The molecule has 0 heterocycles. The molecule has 0 fully saturated rings. The van der Waals surface area contributed by atoms with E-state index >= 15 is 0 Å². The molecule has 0 aliphatic heterocycles. The molecular formula is C12H13F2NO3S. The van der Waals surface area contributed by atoms with E-state index in [0.29, 0.717) is 0 Å². The molecule has 1 N–H and O–H groups in total. The Balaban J connectivity index is 2.48. The molecule has 1 aromatic rings. The van der Waals surface area contributed by atoms with Crippen molar-refractivity contribution in [3.8, 4) is 0 Å². The molecule has 0 aliphatic carbocycles. The molecule has 7 heteroatoms. The zero-order chi connectivity index (χ0) is 14.4. The van der Waals surface area contributed by atoms with Crippen molar-refractivity contribution >= 4 is 23.6 Å². The Morgan fingerprint density at radius 1 is 1.42 bits per heavy atom. The summed E-state index contributed by atoms with van der Waals surface area (Å²) in [4.78, 5) is 22.7. The third-order valence-corrected chi connectivity index (χ3v) is 3.23.